The van der Waals surface area contributed by atoms with Crippen LogP contribution >= 0.6 is 0 Å². The lowest BCUT2D eigenvalue weighted by molar-refractivity contribution is -0.147. The van der Waals surface area contributed by atoms with Crippen LogP contribution in [0.5, 0.6) is 5.75 Å². The molecule has 9 heteroatoms. The second-order valence-corrected chi connectivity index (χ2v) is 10.3. The van der Waals surface area contributed by atoms with Crippen molar-refractivity contribution in [3.63, 3.8) is 0 Å². The molecule has 3 atom stereocenters. The van der Waals surface area contributed by atoms with E-state index in [1.54, 1.807) is 0 Å². The quantitative estimate of drug-likeness (QED) is 0.398. The highest BCUT2D eigenvalue weighted by Gasteiger charge is 2.60. The fourth-order valence-corrected chi connectivity index (χ4v) is 6.02. The summed E-state index contributed by atoms with van der Waals surface area (Å²) in [4.78, 5) is 39.9. The summed E-state index contributed by atoms with van der Waals surface area (Å²) < 4.78 is 0. The number of rotatable bonds is 3. The Balaban J connectivity index is 1.75. The van der Waals surface area contributed by atoms with E-state index in [1.807, 2.05) is 56.3 Å². The van der Waals surface area contributed by atoms with Crippen molar-refractivity contribution in [2.24, 2.45) is 17.6 Å². The number of nitrogens with two attached hydrogens (primary N) is 1. The molecule has 1 saturated carbocycles. The molecule has 0 aliphatic heterocycles. The third-order valence-corrected chi connectivity index (χ3v) is 7.88. The maximum absolute atomic E-state index is 13.7. The fourth-order valence-electron chi connectivity index (χ4n) is 6.02. The van der Waals surface area contributed by atoms with Crippen molar-refractivity contribution in [2.75, 3.05) is 19.0 Å². The molecule has 0 spiro atoms. The molecule has 1 fully saturated rings. The van der Waals surface area contributed by atoms with Gasteiger partial charge in [0, 0.05) is 43.3 Å². The lowest BCUT2D eigenvalue weighted by Gasteiger charge is -2.46. The number of Topliss-reactive ketones (excluding diaryl/α,β-unsaturated/α-hetero) is 2. The van der Waals surface area contributed by atoms with Crippen LogP contribution in [-0.2, 0) is 20.8 Å². The van der Waals surface area contributed by atoms with Crippen molar-refractivity contribution < 1.29 is 34.8 Å². The number of ketones is 2. The number of hydrogen-bond donors (Lipinski definition) is 5. The van der Waals surface area contributed by atoms with Gasteiger partial charge in [-0.3, -0.25) is 14.4 Å². The molecule has 9 nitrogen and oxygen atoms in total. The van der Waals surface area contributed by atoms with Crippen molar-refractivity contribution in [1.29, 1.82) is 0 Å². The number of phenolic OH excluding ortho intramolecular Hbond substituents is 1. The van der Waals surface area contributed by atoms with E-state index in [9.17, 15) is 34.8 Å². The van der Waals surface area contributed by atoms with Gasteiger partial charge < -0.3 is 31.1 Å². The van der Waals surface area contributed by atoms with Crippen LogP contribution in [0.2, 0.25) is 0 Å². The number of carbonyl (C=O) groups excluding carboxylic acids is 3. The molecule has 0 bridgehead atoms. The molecule has 5 rings (SSSR count). The summed E-state index contributed by atoms with van der Waals surface area (Å²) >= 11 is 0. The number of phenols is 1. The van der Waals surface area contributed by atoms with Gasteiger partial charge in [-0.15, -0.1) is 0 Å². The molecule has 0 saturated heterocycles. The van der Waals surface area contributed by atoms with Gasteiger partial charge in [0.1, 0.15) is 22.8 Å². The van der Waals surface area contributed by atoms with E-state index in [1.165, 1.54) is 0 Å². The number of amides is 1. The Hall–Kier alpha value is -4.11. The van der Waals surface area contributed by atoms with Crippen molar-refractivity contribution in [1.82, 2.24) is 0 Å². The van der Waals surface area contributed by atoms with Gasteiger partial charge in [-0.25, -0.2) is 0 Å². The second kappa shape index (κ2) is 8.21. The van der Waals surface area contributed by atoms with Crippen molar-refractivity contribution >= 4 is 28.9 Å². The molecule has 1 amide bonds. The molecule has 3 aliphatic rings. The van der Waals surface area contributed by atoms with Gasteiger partial charge in [0.05, 0.1) is 5.56 Å². The SMILES string of the molecule is Cc1ccc(-c2cc(N(C)C)c3c(c2O)C(O)=C2C(=O)[C@]4(O)C(O)=C(C(N)=O)C(=O)C[C@@H]4C[C@@H]2C3)cc1. The Morgan fingerprint density at radius 2 is 1.73 bits per heavy atom. The van der Waals surface area contributed by atoms with Crippen molar-refractivity contribution in [2.45, 2.75) is 31.8 Å². The van der Waals surface area contributed by atoms with E-state index in [0.29, 0.717) is 16.7 Å². The Kier molecular flexibility index (Phi) is 5.45. The first-order chi connectivity index (χ1) is 17.4. The number of benzene rings is 2. The number of aliphatic hydroxyl groups is 3. The van der Waals surface area contributed by atoms with E-state index in [2.05, 4.69) is 0 Å². The summed E-state index contributed by atoms with van der Waals surface area (Å²) in [6.45, 7) is 1.94. The highest BCUT2D eigenvalue weighted by Crippen LogP contribution is 2.54. The van der Waals surface area contributed by atoms with E-state index < -0.39 is 52.0 Å². The average molecular weight is 505 g/mol. The summed E-state index contributed by atoms with van der Waals surface area (Å²) in [6, 6.07) is 9.31. The molecular formula is C28H28N2O7. The zero-order valence-corrected chi connectivity index (χ0v) is 20.7. The van der Waals surface area contributed by atoms with Gasteiger partial charge in [0.2, 0.25) is 5.78 Å². The number of aromatic hydroxyl groups is 1. The molecule has 3 aliphatic carbocycles. The molecule has 0 heterocycles. The van der Waals surface area contributed by atoms with Crippen LogP contribution in [0, 0.1) is 18.8 Å². The summed E-state index contributed by atoms with van der Waals surface area (Å²) in [6.07, 6.45) is 0.0000220. The summed E-state index contributed by atoms with van der Waals surface area (Å²) in [5.41, 5.74) is 5.34. The number of anilines is 1. The molecule has 2 aromatic carbocycles. The number of aliphatic hydroxyl groups excluding tert-OH is 2. The standard InChI is InChI=1S/C28H28N2O7/c1-12-4-6-13(7-5-12)16-11-18(30(2)3)17-9-14-8-15-10-19(31)22(27(29)36)26(35)28(15,37)25(34)20(14)24(33)21(17)23(16)32/h4-7,11,14-15,32-33,35,37H,8-10H2,1-3H3,(H2,29,36)/t14-,15+,28+/m1/s1. The zero-order valence-electron chi connectivity index (χ0n) is 20.7. The van der Waals surface area contributed by atoms with Crippen LogP contribution in [0.25, 0.3) is 16.9 Å². The predicted molar refractivity (Wildman–Crippen MR) is 136 cm³/mol. The smallest absolute Gasteiger partial charge is 0.255 e. The molecule has 6 N–H and O–H groups in total. The van der Waals surface area contributed by atoms with Crippen LogP contribution in [0.15, 0.2) is 47.2 Å². The molecule has 37 heavy (non-hydrogen) atoms. The first-order valence-electron chi connectivity index (χ1n) is 12.0. The van der Waals surface area contributed by atoms with Crippen LogP contribution < -0.4 is 10.6 Å². The van der Waals surface area contributed by atoms with E-state index in [4.69, 9.17) is 5.73 Å². The Labute approximate surface area is 213 Å². The number of hydrogen-bond acceptors (Lipinski definition) is 8. The number of primary amides is 1. The maximum atomic E-state index is 13.7. The van der Waals surface area contributed by atoms with Gasteiger partial charge in [-0.05, 0) is 42.9 Å². The van der Waals surface area contributed by atoms with Gasteiger partial charge >= 0.3 is 0 Å². The van der Waals surface area contributed by atoms with Crippen LogP contribution in [-0.4, -0.2) is 57.6 Å². The normalized spacial score (nSPS) is 25.0. The number of carbonyl (C=O) groups is 3. The monoisotopic (exact) mass is 504 g/mol. The Bertz CT molecular complexity index is 1450. The largest absolute Gasteiger partial charge is 0.508 e. The number of aryl methyl sites for hydroxylation is 1. The van der Waals surface area contributed by atoms with Gasteiger partial charge in [0.15, 0.2) is 11.4 Å². The van der Waals surface area contributed by atoms with Gasteiger partial charge in [0.25, 0.3) is 5.91 Å². The average Bonchev–Trinajstić information content (AvgIpc) is 2.82. The minimum Gasteiger partial charge on any atom is -0.508 e. The van der Waals surface area contributed by atoms with Crippen molar-refractivity contribution in [3.8, 4) is 16.9 Å². The van der Waals surface area contributed by atoms with Crippen LogP contribution in [0.4, 0.5) is 5.69 Å². The van der Waals surface area contributed by atoms with E-state index in [0.717, 1.165) is 11.3 Å². The second-order valence-electron chi connectivity index (χ2n) is 10.3. The maximum Gasteiger partial charge on any atom is 0.255 e. The van der Waals surface area contributed by atoms with Crippen LogP contribution in [0.1, 0.15) is 29.5 Å². The number of fused-ring (bicyclic) bond motifs is 3. The predicted octanol–water partition coefficient (Wildman–Crippen LogP) is 2.47. The zero-order chi connectivity index (χ0) is 27.0. The highest BCUT2D eigenvalue weighted by atomic mass is 16.3. The highest BCUT2D eigenvalue weighted by molar-refractivity contribution is 6.22. The molecular weight excluding hydrogens is 476 g/mol. The van der Waals surface area contributed by atoms with Gasteiger partial charge in [-0.1, -0.05) is 29.8 Å². The Morgan fingerprint density at radius 3 is 2.32 bits per heavy atom. The van der Waals surface area contributed by atoms with Gasteiger partial charge in [-0.2, -0.15) is 0 Å². The summed E-state index contributed by atoms with van der Waals surface area (Å²) in [5.74, 6) is -6.36. The third kappa shape index (κ3) is 3.37. The summed E-state index contributed by atoms with van der Waals surface area (Å²) in [7, 11) is 3.67. The molecule has 0 radical (unpaired) electrons. The topological polar surface area (TPSA) is 161 Å². The fraction of sp³-hybridized carbons (Fsp3) is 0.321. The lowest BCUT2D eigenvalue weighted by Crippen LogP contribution is -2.58. The first-order valence-corrected chi connectivity index (χ1v) is 12.0. The minimum absolute atomic E-state index is 0.0777. The van der Waals surface area contributed by atoms with E-state index in [-0.39, 0.29) is 36.1 Å². The molecule has 0 unspecified atom stereocenters. The third-order valence-electron chi connectivity index (χ3n) is 7.88. The minimum atomic E-state index is -2.58. The first kappa shape index (κ1) is 24.6. The molecule has 2 aromatic rings. The number of nitrogens with zero attached hydrogens (tertiary/aromatic N) is 1. The Morgan fingerprint density at radius 1 is 1.08 bits per heavy atom. The summed E-state index contributed by atoms with van der Waals surface area (Å²) in [5, 5.41) is 44.9. The van der Waals surface area contributed by atoms with E-state index >= 15 is 0 Å². The lowest BCUT2D eigenvalue weighted by atomic mass is 9.59. The molecule has 192 valence electrons. The van der Waals surface area contributed by atoms with Crippen LogP contribution in [0.3, 0.4) is 0 Å². The molecule has 0 aromatic heterocycles. The van der Waals surface area contributed by atoms with Crippen molar-refractivity contribution in [3.05, 3.63) is 63.9 Å².